The van der Waals surface area contributed by atoms with Crippen molar-refractivity contribution >= 4 is 17.4 Å². The molecule has 0 saturated carbocycles. The lowest BCUT2D eigenvalue weighted by molar-refractivity contribution is 0.206. The predicted octanol–water partition coefficient (Wildman–Crippen LogP) is 2.65. The molecule has 2 heterocycles. The van der Waals surface area contributed by atoms with Gasteiger partial charge in [-0.25, -0.2) is 9.78 Å². The Morgan fingerprint density at radius 2 is 2.24 bits per heavy atom. The number of aromatic nitrogens is 2. The molecule has 0 aromatic carbocycles. The molecular formula is C14H20N4O2S. The van der Waals surface area contributed by atoms with Crippen LogP contribution >= 0.6 is 11.3 Å². The van der Waals surface area contributed by atoms with Crippen molar-refractivity contribution in [3.05, 3.63) is 33.1 Å². The number of amides is 2. The highest BCUT2D eigenvalue weighted by Gasteiger charge is 2.14. The molecule has 2 aromatic rings. The lowest BCUT2D eigenvalue weighted by atomic mass is 10.2. The molecule has 0 atom stereocenters. The predicted molar refractivity (Wildman–Crippen MR) is 81.2 cm³/mol. The molecule has 114 valence electrons. The van der Waals surface area contributed by atoms with Gasteiger partial charge in [-0.1, -0.05) is 12.1 Å². The van der Waals surface area contributed by atoms with Gasteiger partial charge in [0, 0.05) is 30.2 Å². The monoisotopic (exact) mass is 308 g/mol. The Morgan fingerprint density at radius 3 is 2.81 bits per heavy atom. The number of aryl methyl sites for hydroxylation is 3. The van der Waals surface area contributed by atoms with E-state index in [2.05, 4.69) is 22.4 Å². The van der Waals surface area contributed by atoms with Crippen molar-refractivity contribution < 1.29 is 9.32 Å². The maximum atomic E-state index is 12.1. The normalized spacial score (nSPS) is 10.7. The number of carbonyl (C=O) groups excluding carboxylic acids is 1. The molecule has 7 heteroatoms. The largest absolute Gasteiger partial charge is 0.361 e. The third kappa shape index (κ3) is 3.81. The minimum atomic E-state index is -0.136. The highest BCUT2D eigenvalue weighted by molar-refractivity contribution is 7.11. The van der Waals surface area contributed by atoms with Crippen LogP contribution in [0.3, 0.4) is 0 Å². The first-order valence-corrected chi connectivity index (χ1v) is 7.67. The Bertz CT molecular complexity index is 601. The zero-order chi connectivity index (χ0) is 15.4. The van der Waals surface area contributed by atoms with Crippen molar-refractivity contribution in [1.29, 1.82) is 0 Å². The van der Waals surface area contributed by atoms with Gasteiger partial charge in [-0.05, 0) is 20.3 Å². The summed E-state index contributed by atoms with van der Waals surface area (Å²) >= 11 is 1.64. The van der Waals surface area contributed by atoms with E-state index in [0.29, 0.717) is 13.1 Å². The molecule has 0 aliphatic rings. The summed E-state index contributed by atoms with van der Waals surface area (Å²) < 4.78 is 5.08. The van der Waals surface area contributed by atoms with Gasteiger partial charge in [-0.15, -0.1) is 11.3 Å². The van der Waals surface area contributed by atoms with Gasteiger partial charge in [0.15, 0.2) is 0 Å². The third-order valence-electron chi connectivity index (χ3n) is 3.27. The molecule has 21 heavy (non-hydrogen) atoms. The van der Waals surface area contributed by atoms with Crippen LogP contribution in [0, 0.1) is 13.8 Å². The molecule has 0 saturated heterocycles. The van der Waals surface area contributed by atoms with Crippen LogP contribution in [-0.4, -0.2) is 28.1 Å². The first-order chi connectivity index (χ1) is 10.0. The summed E-state index contributed by atoms with van der Waals surface area (Å²) in [4.78, 5) is 19.3. The molecule has 1 N–H and O–H groups in total. The Labute approximate surface area is 128 Å². The number of nitrogens with zero attached hydrogens (tertiary/aromatic N) is 3. The molecule has 0 fully saturated rings. The number of nitrogens with one attached hydrogen (secondary N) is 1. The highest BCUT2D eigenvalue weighted by atomic mass is 32.1. The van der Waals surface area contributed by atoms with E-state index in [4.69, 9.17) is 4.52 Å². The molecular weight excluding hydrogens is 288 g/mol. The van der Waals surface area contributed by atoms with E-state index in [9.17, 15) is 4.79 Å². The quantitative estimate of drug-likeness (QED) is 0.921. The summed E-state index contributed by atoms with van der Waals surface area (Å²) in [6.45, 7) is 6.73. The van der Waals surface area contributed by atoms with Gasteiger partial charge in [0.05, 0.1) is 12.2 Å². The van der Waals surface area contributed by atoms with Gasteiger partial charge < -0.3 is 14.7 Å². The molecule has 0 aliphatic heterocycles. The van der Waals surface area contributed by atoms with E-state index in [1.165, 1.54) is 4.88 Å². The van der Waals surface area contributed by atoms with Gasteiger partial charge in [0.2, 0.25) is 0 Å². The maximum absolute atomic E-state index is 12.1. The molecule has 0 unspecified atom stereocenters. The zero-order valence-electron chi connectivity index (χ0n) is 12.8. The van der Waals surface area contributed by atoms with E-state index < -0.39 is 0 Å². The van der Waals surface area contributed by atoms with Crippen LogP contribution in [0.4, 0.5) is 4.79 Å². The van der Waals surface area contributed by atoms with Crippen molar-refractivity contribution in [3.8, 4) is 0 Å². The lowest BCUT2D eigenvalue weighted by Crippen LogP contribution is -2.36. The Kier molecular flexibility index (Phi) is 4.95. The molecule has 6 nitrogen and oxygen atoms in total. The number of rotatable bonds is 5. The van der Waals surface area contributed by atoms with Crippen molar-refractivity contribution in [3.63, 3.8) is 0 Å². The van der Waals surface area contributed by atoms with Crippen LogP contribution in [0.25, 0.3) is 0 Å². The summed E-state index contributed by atoms with van der Waals surface area (Å²) in [5.41, 5.74) is 1.74. The summed E-state index contributed by atoms with van der Waals surface area (Å²) in [7, 11) is 1.76. The molecule has 0 bridgehead atoms. The summed E-state index contributed by atoms with van der Waals surface area (Å²) in [6, 6.07) is -0.136. The van der Waals surface area contributed by atoms with Crippen LogP contribution in [0.2, 0.25) is 0 Å². The molecule has 0 radical (unpaired) electrons. The molecule has 2 amide bonds. The van der Waals surface area contributed by atoms with Gasteiger partial charge in [0.1, 0.15) is 10.8 Å². The second-order valence-corrected chi connectivity index (χ2v) is 6.09. The van der Waals surface area contributed by atoms with Gasteiger partial charge in [-0.2, -0.15) is 0 Å². The third-order valence-corrected chi connectivity index (χ3v) is 4.39. The number of urea groups is 1. The summed E-state index contributed by atoms with van der Waals surface area (Å²) in [6.07, 6.45) is 2.84. The van der Waals surface area contributed by atoms with Crippen LogP contribution in [0.5, 0.6) is 0 Å². The second kappa shape index (κ2) is 6.71. The lowest BCUT2D eigenvalue weighted by Gasteiger charge is -2.16. The first-order valence-electron chi connectivity index (χ1n) is 6.85. The van der Waals surface area contributed by atoms with Gasteiger partial charge >= 0.3 is 6.03 Å². The Morgan fingerprint density at radius 1 is 1.48 bits per heavy atom. The molecule has 0 spiro atoms. The SMILES string of the molecule is CCc1cnc(CN(C)C(=O)NCc2c(C)noc2C)s1. The summed E-state index contributed by atoms with van der Waals surface area (Å²) in [5, 5.41) is 7.69. The highest BCUT2D eigenvalue weighted by Crippen LogP contribution is 2.15. The van der Waals surface area contributed by atoms with Crippen LogP contribution < -0.4 is 5.32 Å². The van der Waals surface area contributed by atoms with Crippen molar-refractivity contribution in [2.45, 2.75) is 40.3 Å². The molecule has 2 rings (SSSR count). The van der Waals surface area contributed by atoms with Gasteiger partial charge in [-0.3, -0.25) is 0 Å². The van der Waals surface area contributed by atoms with Crippen LogP contribution in [-0.2, 0) is 19.5 Å². The van der Waals surface area contributed by atoms with E-state index in [0.717, 1.165) is 28.4 Å². The second-order valence-electron chi connectivity index (χ2n) is 4.89. The Balaban J connectivity index is 1.88. The van der Waals surface area contributed by atoms with Crippen molar-refractivity contribution in [2.75, 3.05) is 7.05 Å². The zero-order valence-corrected chi connectivity index (χ0v) is 13.6. The molecule has 0 aliphatic carbocycles. The van der Waals surface area contributed by atoms with Gasteiger partial charge in [0.25, 0.3) is 0 Å². The van der Waals surface area contributed by atoms with Crippen molar-refractivity contribution in [2.24, 2.45) is 0 Å². The van der Waals surface area contributed by atoms with E-state index in [1.54, 1.807) is 23.3 Å². The average molecular weight is 308 g/mol. The minimum Gasteiger partial charge on any atom is -0.361 e. The standard InChI is InChI=1S/C14H20N4O2S/c1-5-11-6-15-13(21-11)8-18(4)14(19)16-7-12-9(2)17-20-10(12)3/h6H,5,7-8H2,1-4H3,(H,16,19). The summed E-state index contributed by atoms with van der Waals surface area (Å²) in [5.74, 6) is 0.739. The average Bonchev–Trinajstić information content (AvgIpc) is 3.04. The molecule has 2 aromatic heterocycles. The van der Waals surface area contributed by atoms with Crippen molar-refractivity contribution in [1.82, 2.24) is 20.4 Å². The smallest absolute Gasteiger partial charge is 0.317 e. The minimum absolute atomic E-state index is 0.136. The number of thiazole rings is 1. The van der Waals surface area contributed by atoms with Crippen LogP contribution in [0.15, 0.2) is 10.7 Å². The first kappa shape index (κ1) is 15.5. The van der Waals surface area contributed by atoms with E-state index in [-0.39, 0.29) is 6.03 Å². The topological polar surface area (TPSA) is 71.3 Å². The number of hydrogen-bond acceptors (Lipinski definition) is 5. The number of carbonyl (C=O) groups is 1. The Hall–Kier alpha value is -1.89. The van der Waals surface area contributed by atoms with E-state index >= 15 is 0 Å². The number of hydrogen-bond donors (Lipinski definition) is 1. The van der Waals surface area contributed by atoms with E-state index in [1.807, 2.05) is 20.0 Å². The van der Waals surface area contributed by atoms with Crippen LogP contribution in [0.1, 0.15) is 33.8 Å². The fourth-order valence-corrected chi connectivity index (χ4v) is 2.83. The fourth-order valence-electron chi connectivity index (χ4n) is 1.91. The fraction of sp³-hybridized carbons (Fsp3) is 0.500. The maximum Gasteiger partial charge on any atom is 0.317 e.